The predicted octanol–water partition coefficient (Wildman–Crippen LogP) is 0.964. The standard InChI is InChI=1S/C13H21NO3/c1-13(15,9-14)10-17-12-5-3-11(4-6-12)7-8-16-2/h3-6,15H,7-10,14H2,1-2H3. The number of methoxy groups -OCH3 is 1. The van der Waals surface area contributed by atoms with Crippen LogP contribution in [-0.2, 0) is 11.2 Å². The average Bonchev–Trinajstić information content (AvgIpc) is 2.35. The fourth-order valence-electron chi connectivity index (χ4n) is 1.27. The summed E-state index contributed by atoms with van der Waals surface area (Å²) in [4.78, 5) is 0. The molecule has 96 valence electrons. The van der Waals surface area contributed by atoms with E-state index in [9.17, 15) is 5.11 Å². The van der Waals surface area contributed by atoms with E-state index in [1.165, 1.54) is 5.56 Å². The summed E-state index contributed by atoms with van der Waals surface area (Å²) in [6.45, 7) is 2.74. The summed E-state index contributed by atoms with van der Waals surface area (Å²) in [5.41, 5.74) is 5.63. The lowest BCUT2D eigenvalue weighted by molar-refractivity contribution is 0.0195. The summed E-state index contributed by atoms with van der Waals surface area (Å²) in [5.74, 6) is 0.736. The van der Waals surface area contributed by atoms with Crippen LogP contribution in [0.25, 0.3) is 0 Å². The maximum Gasteiger partial charge on any atom is 0.119 e. The van der Waals surface area contributed by atoms with Gasteiger partial charge in [-0.05, 0) is 31.0 Å². The molecule has 0 bridgehead atoms. The van der Waals surface area contributed by atoms with Crippen LogP contribution in [0.4, 0.5) is 0 Å². The number of benzene rings is 1. The first-order chi connectivity index (χ1) is 8.07. The topological polar surface area (TPSA) is 64.7 Å². The van der Waals surface area contributed by atoms with E-state index in [0.717, 1.165) is 12.2 Å². The van der Waals surface area contributed by atoms with Crippen molar-refractivity contribution in [3.8, 4) is 5.75 Å². The SMILES string of the molecule is COCCc1ccc(OCC(C)(O)CN)cc1. The summed E-state index contributed by atoms with van der Waals surface area (Å²) >= 11 is 0. The monoisotopic (exact) mass is 239 g/mol. The molecule has 0 aliphatic rings. The van der Waals surface area contributed by atoms with E-state index in [1.54, 1.807) is 14.0 Å². The molecule has 1 aromatic carbocycles. The molecule has 0 radical (unpaired) electrons. The Balaban J connectivity index is 2.45. The number of hydrogen-bond donors (Lipinski definition) is 2. The normalized spacial score (nSPS) is 14.4. The van der Waals surface area contributed by atoms with Gasteiger partial charge in [0, 0.05) is 13.7 Å². The summed E-state index contributed by atoms with van der Waals surface area (Å²) in [6, 6.07) is 7.76. The van der Waals surface area contributed by atoms with Gasteiger partial charge in [-0.2, -0.15) is 0 Å². The number of hydrogen-bond acceptors (Lipinski definition) is 4. The van der Waals surface area contributed by atoms with E-state index in [0.29, 0.717) is 6.61 Å². The zero-order valence-corrected chi connectivity index (χ0v) is 10.5. The molecule has 0 aliphatic carbocycles. The molecule has 0 fully saturated rings. The fourth-order valence-corrected chi connectivity index (χ4v) is 1.27. The molecule has 0 saturated heterocycles. The lowest BCUT2D eigenvalue weighted by atomic mass is 10.1. The molecule has 0 heterocycles. The van der Waals surface area contributed by atoms with Crippen LogP contribution in [0.2, 0.25) is 0 Å². The summed E-state index contributed by atoms with van der Waals surface area (Å²) in [5, 5.41) is 9.69. The lowest BCUT2D eigenvalue weighted by Gasteiger charge is -2.21. The maximum atomic E-state index is 9.69. The molecule has 1 aromatic rings. The first-order valence-corrected chi connectivity index (χ1v) is 5.70. The molecule has 3 N–H and O–H groups in total. The van der Waals surface area contributed by atoms with Gasteiger partial charge in [0.2, 0.25) is 0 Å². The van der Waals surface area contributed by atoms with Crippen molar-refractivity contribution in [2.24, 2.45) is 5.73 Å². The molecule has 1 unspecified atom stereocenters. The minimum absolute atomic E-state index is 0.179. The van der Waals surface area contributed by atoms with E-state index in [2.05, 4.69) is 0 Å². The van der Waals surface area contributed by atoms with Crippen molar-refractivity contribution in [3.63, 3.8) is 0 Å². The van der Waals surface area contributed by atoms with Crippen LogP contribution in [0.1, 0.15) is 12.5 Å². The molecular formula is C13H21NO3. The quantitative estimate of drug-likeness (QED) is 0.744. The maximum absolute atomic E-state index is 9.69. The van der Waals surface area contributed by atoms with Gasteiger partial charge in [-0.25, -0.2) is 0 Å². The van der Waals surface area contributed by atoms with E-state index in [1.807, 2.05) is 24.3 Å². The summed E-state index contributed by atoms with van der Waals surface area (Å²) in [7, 11) is 1.69. The largest absolute Gasteiger partial charge is 0.491 e. The van der Waals surface area contributed by atoms with Crippen LogP contribution in [0, 0.1) is 0 Å². The second-order valence-electron chi connectivity index (χ2n) is 4.38. The van der Waals surface area contributed by atoms with Crippen LogP contribution in [0.3, 0.4) is 0 Å². The first kappa shape index (κ1) is 14.0. The molecule has 0 aromatic heterocycles. The third kappa shape index (κ3) is 5.17. The molecule has 4 nitrogen and oxygen atoms in total. The van der Waals surface area contributed by atoms with Gasteiger partial charge in [0.05, 0.1) is 6.61 Å². The summed E-state index contributed by atoms with van der Waals surface area (Å²) in [6.07, 6.45) is 0.886. The Morgan fingerprint density at radius 3 is 2.47 bits per heavy atom. The molecule has 0 amide bonds. The van der Waals surface area contributed by atoms with Crippen molar-refractivity contribution < 1.29 is 14.6 Å². The fraction of sp³-hybridized carbons (Fsp3) is 0.538. The Morgan fingerprint density at radius 2 is 1.94 bits per heavy atom. The Kier molecular flexibility index (Phi) is 5.41. The van der Waals surface area contributed by atoms with Gasteiger partial charge < -0.3 is 20.3 Å². The minimum atomic E-state index is -0.977. The van der Waals surface area contributed by atoms with Gasteiger partial charge in [0.1, 0.15) is 18.0 Å². The number of aliphatic hydroxyl groups is 1. The van der Waals surface area contributed by atoms with Gasteiger partial charge in [0.25, 0.3) is 0 Å². The highest BCUT2D eigenvalue weighted by atomic mass is 16.5. The van der Waals surface area contributed by atoms with E-state index in [4.69, 9.17) is 15.2 Å². The second kappa shape index (κ2) is 6.59. The number of nitrogens with two attached hydrogens (primary N) is 1. The van der Waals surface area contributed by atoms with Crippen molar-refractivity contribution in [3.05, 3.63) is 29.8 Å². The van der Waals surface area contributed by atoms with E-state index < -0.39 is 5.60 Å². The van der Waals surface area contributed by atoms with Gasteiger partial charge >= 0.3 is 0 Å². The van der Waals surface area contributed by atoms with Crippen LogP contribution in [0.15, 0.2) is 24.3 Å². The molecule has 0 spiro atoms. The number of rotatable bonds is 7. The zero-order chi connectivity index (χ0) is 12.7. The minimum Gasteiger partial charge on any atom is -0.491 e. The average molecular weight is 239 g/mol. The number of ether oxygens (including phenoxy) is 2. The van der Waals surface area contributed by atoms with Crippen molar-refractivity contribution >= 4 is 0 Å². The van der Waals surface area contributed by atoms with Crippen LogP contribution in [-0.4, -0.2) is 37.6 Å². The van der Waals surface area contributed by atoms with Crippen molar-refractivity contribution in [2.45, 2.75) is 18.9 Å². The third-order valence-corrected chi connectivity index (χ3v) is 2.51. The Hall–Kier alpha value is -1.10. The van der Waals surface area contributed by atoms with E-state index in [-0.39, 0.29) is 13.2 Å². The van der Waals surface area contributed by atoms with Gasteiger partial charge in [-0.15, -0.1) is 0 Å². The van der Waals surface area contributed by atoms with Crippen LogP contribution in [0.5, 0.6) is 5.75 Å². The smallest absolute Gasteiger partial charge is 0.119 e. The zero-order valence-electron chi connectivity index (χ0n) is 10.5. The predicted molar refractivity (Wildman–Crippen MR) is 67.2 cm³/mol. The molecule has 1 rings (SSSR count). The first-order valence-electron chi connectivity index (χ1n) is 5.70. The van der Waals surface area contributed by atoms with E-state index >= 15 is 0 Å². The molecule has 0 aliphatic heterocycles. The highest BCUT2D eigenvalue weighted by molar-refractivity contribution is 5.27. The lowest BCUT2D eigenvalue weighted by Crippen LogP contribution is -2.40. The second-order valence-corrected chi connectivity index (χ2v) is 4.38. The highest BCUT2D eigenvalue weighted by Crippen LogP contribution is 2.14. The Bertz CT molecular complexity index is 322. The Morgan fingerprint density at radius 1 is 1.29 bits per heavy atom. The van der Waals surface area contributed by atoms with Crippen LogP contribution < -0.4 is 10.5 Å². The van der Waals surface area contributed by atoms with Gasteiger partial charge in [0.15, 0.2) is 0 Å². The molecule has 17 heavy (non-hydrogen) atoms. The molecule has 1 atom stereocenters. The van der Waals surface area contributed by atoms with Crippen molar-refractivity contribution in [2.75, 3.05) is 26.9 Å². The Labute approximate surface area is 102 Å². The summed E-state index contributed by atoms with van der Waals surface area (Å²) < 4.78 is 10.5. The molecular weight excluding hydrogens is 218 g/mol. The van der Waals surface area contributed by atoms with Gasteiger partial charge in [-0.1, -0.05) is 12.1 Å². The molecule has 4 heteroatoms. The third-order valence-electron chi connectivity index (χ3n) is 2.51. The van der Waals surface area contributed by atoms with Gasteiger partial charge in [-0.3, -0.25) is 0 Å². The van der Waals surface area contributed by atoms with Crippen molar-refractivity contribution in [1.82, 2.24) is 0 Å². The van der Waals surface area contributed by atoms with Crippen LogP contribution >= 0.6 is 0 Å². The van der Waals surface area contributed by atoms with Crippen molar-refractivity contribution in [1.29, 1.82) is 0 Å². The highest BCUT2D eigenvalue weighted by Gasteiger charge is 2.18. The molecule has 0 saturated carbocycles.